The Labute approximate surface area is 103 Å². The van der Waals surface area contributed by atoms with Crippen molar-refractivity contribution in [1.82, 2.24) is 5.16 Å². The number of sulfonamides is 2. The quantitative estimate of drug-likeness (QED) is 0.761. The summed E-state index contributed by atoms with van der Waals surface area (Å²) >= 11 is 0. The van der Waals surface area contributed by atoms with Crippen molar-refractivity contribution in [2.24, 2.45) is 10.3 Å². The van der Waals surface area contributed by atoms with E-state index in [0.29, 0.717) is 0 Å². The van der Waals surface area contributed by atoms with Gasteiger partial charge in [0, 0.05) is 5.39 Å². The van der Waals surface area contributed by atoms with Crippen LogP contribution in [-0.2, 0) is 25.8 Å². The molecule has 0 fully saturated rings. The molecule has 0 atom stereocenters. The van der Waals surface area contributed by atoms with E-state index in [1.807, 2.05) is 0 Å². The molecular formula is C8H9N3O5S2. The first-order valence-electron chi connectivity index (χ1n) is 4.58. The Morgan fingerprint density at radius 2 is 1.83 bits per heavy atom. The minimum atomic E-state index is -3.88. The highest BCUT2D eigenvalue weighted by Crippen LogP contribution is 2.22. The molecule has 2 rings (SSSR count). The number of hydrogen-bond acceptors (Lipinski definition) is 6. The maximum Gasteiger partial charge on any atom is 0.238 e. The van der Waals surface area contributed by atoms with Crippen LogP contribution in [0, 0.1) is 0 Å². The summed E-state index contributed by atoms with van der Waals surface area (Å²) in [6, 6.07) is 3.78. The molecule has 98 valence electrons. The van der Waals surface area contributed by atoms with E-state index in [-0.39, 0.29) is 21.6 Å². The fourth-order valence-corrected chi connectivity index (χ4v) is 2.57. The summed E-state index contributed by atoms with van der Waals surface area (Å²) < 4.78 is 49.2. The van der Waals surface area contributed by atoms with Crippen molar-refractivity contribution in [3.8, 4) is 0 Å². The van der Waals surface area contributed by atoms with Crippen LogP contribution in [0.25, 0.3) is 11.0 Å². The van der Waals surface area contributed by atoms with Crippen LogP contribution < -0.4 is 10.3 Å². The van der Waals surface area contributed by atoms with Gasteiger partial charge in [0.1, 0.15) is 11.4 Å². The van der Waals surface area contributed by atoms with Crippen LogP contribution in [0.15, 0.2) is 27.6 Å². The average Bonchev–Trinajstić information content (AvgIpc) is 2.57. The molecular weight excluding hydrogens is 282 g/mol. The number of nitrogens with two attached hydrogens (primary N) is 2. The van der Waals surface area contributed by atoms with Crippen LogP contribution in [0.3, 0.4) is 0 Å². The van der Waals surface area contributed by atoms with E-state index in [4.69, 9.17) is 14.8 Å². The second-order valence-electron chi connectivity index (χ2n) is 3.64. The van der Waals surface area contributed by atoms with Gasteiger partial charge in [-0.3, -0.25) is 0 Å². The summed E-state index contributed by atoms with van der Waals surface area (Å²) in [7, 11) is -7.67. The summed E-state index contributed by atoms with van der Waals surface area (Å²) in [4.78, 5) is -0.158. The Bertz CT molecular complexity index is 806. The number of hydrogen-bond donors (Lipinski definition) is 2. The van der Waals surface area contributed by atoms with Crippen molar-refractivity contribution in [3.05, 3.63) is 23.9 Å². The zero-order chi connectivity index (χ0) is 13.6. The second kappa shape index (κ2) is 4.02. The van der Waals surface area contributed by atoms with Crippen LogP contribution in [0.1, 0.15) is 5.69 Å². The van der Waals surface area contributed by atoms with E-state index in [9.17, 15) is 16.8 Å². The van der Waals surface area contributed by atoms with E-state index in [1.165, 1.54) is 18.2 Å². The zero-order valence-electron chi connectivity index (χ0n) is 8.90. The molecule has 0 saturated carbocycles. The molecule has 0 radical (unpaired) electrons. The zero-order valence-corrected chi connectivity index (χ0v) is 10.5. The number of nitrogens with zero attached hydrogens (tertiary/aromatic N) is 1. The lowest BCUT2D eigenvalue weighted by Gasteiger charge is -1.98. The summed E-state index contributed by atoms with van der Waals surface area (Å²) in [5.41, 5.74) is 0.291. The van der Waals surface area contributed by atoms with E-state index in [0.717, 1.165) is 0 Å². The first-order valence-corrected chi connectivity index (χ1v) is 7.84. The lowest BCUT2D eigenvalue weighted by Crippen LogP contribution is -2.15. The molecule has 1 aromatic carbocycles. The van der Waals surface area contributed by atoms with Crippen LogP contribution in [0.2, 0.25) is 0 Å². The van der Waals surface area contributed by atoms with Gasteiger partial charge in [-0.25, -0.2) is 27.1 Å². The van der Waals surface area contributed by atoms with E-state index < -0.39 is 25.8 Å². The molecule has 0 bridgehead atoms. The van der Waals surface area contributed by atoms with Crippen molar-refractivity contribution in [2.45, 2.75) is 10.6 Å². The predicted octanol–water partition coefficient (Wildman–Crippen LogP) is -0.736. The topological polar surface area (TPSA) is 146 Å². The standard InChI is InChI=1S/C8H9N3O5S2/c9-17(12,13)4-7-6-3-5(18(10,14)15)1-2-8(6)16-11-7/h1-3H,4H2,(H2,9,12,13)(H2,10,14,15). The highest BCUT2D eigenvalue weighted by atomic mass is 32.2. The molecule has 0 amide bonds. The van der Waals surface area contributed by atoms with E-state index in [2.05, 4.69) is 5.16 Å². The van der Waals surface area contributed by atoms with E-state index in [1.54, 1.807) is 0 Å². The maximum atomic E-state index is 11.2. The number of aromatic nitrogens is 1. The summed E-state index contributed by atoms with van der Waals surface area (Å²) in [6.07, 6.45) is 0. The smallest absolute Gasteiger partial charge is 0.238 e. The van der Waals surface area contributed by atoms with Crippen LogP contribution in [0.5, 0.6) is 0 Å². The second-order valence-corrected chi connectivity index (χ2v) is 6.82. The van der Waals surface area contributed by atoms with Gasteiger partial charge in [-0.2, -0.15) is 0 Å². The van der Waals surface area contributed by atoms with Gasteiger partial charge in [0.15, 0.2) is 5.58 Å². The third-order valence-corrected chi connectivity index (χ3v) is 3.77. The van der Waals surface area contributed by atoms with Crippen molar-refractivity contribution >= 4 is 31.0 Å². The highest BCUT2D eigenvalue weighted by Gasteiger charge is 2.17. The Morgan fingerprint density at radius 1 is 1.17 bits per heavy atom. The normalized spacial score (nSPS) is 13.0. The fraction of sp³-hybridized carbons (Fsp3) is 0.125. The Balaban J connectivity index is 2.64. The van der Waals surface area contributed by atoms with Gasteiger partial charge < -0.3 is 4.52 Å². The fourth-order valence-electron chi connectivity index (χ4n) is 1.44. The number of benzene rings is 1. The lowest BCUT2D eigenvalue weighted by atomic mass is 10.2. The van der Waals surface area contributed by atoms with Crippen LogP contribution in [-0.4, -0.2) is 22.0 Å². The maximum absolute atomic E-state index is 11.2. The molecule has 0 aliphatic rings. The molecule has 1 aromatic heterocycles. The molecule has 8 nitrogen and oxygen atoms in total. The minimum Gasteiger partial charge on any atom is -0.356 e. The van der Waals surface area contributed by atoms with Gasteiger partial charge in [-0.1, -0.05) is 5.16 Å². The molecule has 10 heteroatoms. The third-order valence-electron chi connectivity index (χ3n) is 2.18. The van der Waals surface area contributed by atoms with Crippen LogP contribution in [0.4, 0.5) is 0 Å². The number of rotatable bonds is 3. The molecule has 0 unspecified atom stereocenters. The first-order chi connectivity index (χ1) is 8.17. The predicted molar refractivity (Wildman–Crippen MR) is 62.2 cm³/mol. The van der Waals surface area contributed by atoms with Crippen molar-refractivity contribution < 1.29 is 21.4 Å². The molecule has 0 saturated heterocycles. The lowest BCUT2D eigenvalue weighted by molar-refractivity contribution is 0.448. The largest absolute Gasteiger partial charge is 0.356 e. The molecule has 0 spiro atoms. The molecule has 0 aliphatic carbocycles. The van der Waals surface area contributed by atoms with Gasteiger partial charge in [0.2, 0.25) is 20.0 Å². The van der Waals surface area contributed by atoms with E-state index >= 15 is 0 Å². The SMILES string of the molecule is NS(=O)(=O)Cc1noc2ccc(S(N)(=O)=O)cc12. The third kappa shape index (κ3) is 2.67. The van der Waals surface area contributed by atoms with Gasteiger partial charge in [0.25, 0.3) is 0 Å². The molecule has 0 aliphatic heterocycles. The Morgan fingerprint density at radius 3 is 2.39 bits per heavy atom. The van der Waals surface area contributed by atoms with Crippen LogP contribution >= 0.6 is 0 Å². The van der Waals surface area contributed by atoms with Gasteiger partial charge in [0.05, 0.1) is 4.90 Å². The highest BCUT2D eigenvalue weighted by molar-refractivity contribution is 7.89. The van der Waals surface area contributed by atoms with Gasteiger partial charge >= 0.3 is 0 Å². The van der Waals surface area contributed by atoms with Crippen molar-refractivity contribution in [2.75, 3.05) is 0 Å². The average molecular weight is 291 g/mol. The van der Waals surface area contributed by atoms with Crippen molar-refractivity contribution in [1.29, 1.82) is 0 Å². The summed E-state index contributed by atoms with van der Waals surface area (Å²) in [5, 5.41) is 13.6. The first kappa shape index (κ1) is 13.0. The molecule has 18 heavy (non-hydrogen) atoms. The van der Waals surface area contributed by atoms with Gasteiger partial charge in [-0.15, -0.1) is 0 Å². The molecule has 4 N–H and O–H groups in total. The molecule has 1 heterocycles. The molecule has 2 aromatic rings. The minimum absolute atomic E-state index is 0.0398. The van der Waals surface area contributed by atoms with Crippen molar-refractivity contribution in [3.63, 3.8) is 0 Å². The summed E-state index contributed by atoms with van der Waals surface area (Å²) in [6.45, 7) is 0. The monoisotopic (exact) mass is 291 g/mol. The summed E-state index contributed by atoms with van der Waals surface area (Å²) in [5.74, 6) is -0.548. The number of fused-ring (bicyclic) bond motifs is 1. The van der Waals surface area contributed by atoms with Gasteiger partial charge in [-0.05, 0) is 18.2 Å². The Hall–Kier alpha value is -1.49. The number of primary sulfonamides is 2. The Kier molecular flexibility index (Phi) is 2.89.